The third kappa shape index (κ3) is 3.36. The standard InChI is InChI=1S/C16H17ClN2/c1-11-5-3-4-6-15(11)12(2)16(18)19-14-9-7-13(17)8-10-14/h3-10,12H,1-2H3,(H2,18,19). The van der Waals surface area contributed by atoms with E-state index in [1.165, 1.54) is 11.1 Å². The Kier molecular flexibility index (Phi) is 4.23. The number of halogens is 1. The normalized spacial score (nSPS) is 13.3. The van der Waals surface area contributed by atoms with E-state index in [2.05, 4.69) is 31.0 Å². The largest absolute Gasteiger partial charge is 0.387 e. The summed E-state index contributed by atoms with van der Waals surface area (Å²) in [7, 11) is 0. The van der Waals surface area contributed by atoms with Gasteiger partial charge in [-0.2, -0.15) is 0 Å². The van der Waals surface area contributed by atoms with Crippen molar-refractivity contribution in [1.82, 2.24) is 0 Å². The van der Waals surface area contributed by atoms with Gasteiger partial charge in [-0.15, -0.1) is 0 Å². The molecule has 1 atom stereocenters. The van der Waals surface area contributed by atoms with Crippen molar-refractivity contribution in [2.75, 3.05) is 0 Å². The maximum atomic E-state index is 6.11. The molecule has 0 aliphatic rings. The highest BCUT2D eigenvalue weighted by atomic mass is 35.5. The van der Waals surface area contributed by atoms with Crippen molar-refractivity contribution in [3.8, 4) is 0 Å². The molecule has 1 unspecified atom stereocenters. The molecule has 0 aliphatic heterocycles. The molecule has 0 amide bonds. The van der Waals surface area contributed by atoms with Gasteiger partial charge in [0.15, 0.2) is 0 Å². The van der Waals surface area contributed by atoms with Crippen LogP contribution in [0.5, 0.6) is 0 Å². The summed E-state index contributed by atoms with van der Waals surface area (Å²) in [6.07, 6.45) is 0. The summed E-state index contributed by atoms with van der Waals surface area (Å²) >= 11 is 5.85. The van der Waals surface area contributed by atoms with E-state index in [1.807, 2.05) is 36.4 Å². The summed E-state index contributed by atoms with van der Waals surface area (Å²) in [4.78, 5) is 4.45. The van der Waals surface area contributed by atoms with E-state index in [-0.39, 0.29) is 5.92 Å². The molecule has 2 rings (SSSR count). The molecular formula is C16H17ClN2. The Morgan fingerprint density at radius 2 is 1.74 bits per heavy atom. The first-order valence-electron chi connectivity index (χ1n) is 6.23. The van der Waals surface area contributed by atoms with Crippen molar-refractivity contribution < 1.29 is 0 Å². The van der Waals surface area contributed by atoms with E-state index >= 15 is 0 Å². The van der Waals surface area contributed by atoms with Crippen molar-refractivity contribution in [1.29, 1.82) is 0 Å². The summed E-state index contributed by atoms with van der Waals surface area (Å²) in [5, 5.41) is 0.699. The summed E-state index contributed by atoms with van der Waals surface area (Å²) in [5.41, 5.74) is 9.36. The predicted octanol–water partition coefficient (Wildman–Crippen LogP) is 4.44. The lowest BCUT2D eigenvalue weighted by molar-refractivity contribution is 0.986. The third-order valence-corrected chi connectivity index (χ3v) is 3.44. The van der Waals surface area contributed by atoms with Crippen LogP contribution in [0.2, 0.25) is 5.02 Å². The first kappa shape index (κ1) is 13.6. The smallest absolute Gasteiger partial charge is 0.107 e. The number of rotatable bonds is 3. The number of amidine groups is 1. The minimum atomic E-state index is 0.0943. The monoisotopic (exact) mass is 272 g/mol. The summed E-state index contributed by atoms with van der Waals surface area (Å²) in [6, 6.07) is 15.6. The quantitative estimate of drug-likeness (QED) is 0.651. The molecule has 2 N–H and O–H groups in total. The number of hydrogen-bond acceptors (Lipinski definition) is 1. The molecule has 0 bridgehead atoms. The molecule has 0 saturated heterocycles. The summed E-state index contributed by atoms with van der Waals surface area (Å²) < 4.78 is 0. The fourth-order valence-electron chi connectivity index (χ4n) is 1.99. The molecular weight excluding hydrogens is 256 g/mol. The average molecular weight is 273 g/mol. The van der Waals surface area contributed by atoms with Crippen LogP contribution >= 0.6 is 11.6 Å². The second kappa shape index (κ2) is 5.89. The molecule has 0 aromatic heterocycles. The van der Waals surface area contributed by atoms with Crippen LogP contribution in [-0.2, 0) is 0 Å². The van der Waals surface area contributed by atoms with Gasteiger partial charge in [-0.05, 0) is 42.3 Å². The number of nitrogens with two attached hydrogens (primary N) is 1. The first-order valence-corrected chi connectivity index (χ1v) is 6.61. The Hall–Kier alpha value is -1.80. The highest BCUT2D eigenvalue weighted by molar-refractivity contribution is 6.30. The molecule has 2 nitrogen and oxygen atoms in total. The Bertz CT molecular complexity index is 588. The van der Waals surface area contributed by atoms with Crippen LogP contribution in [0.25, 0.3) is 0 Å². The lowest BCUT2D eigenvalue weighted by Gasteiger charge is -2.14. The molecule has 98 valence electrons. The maximum absolute atomic E-state index is 6.11. The van der Waals surface area contributed by atoms with E-state index in [0.717, 1.165) is 5.69 Å². The van der Waals surface area contributed by atoms with Gasteiger partial charge in [-0.1, -0.05) is 42.8 Å². The van der Waals surface area contributed by atoms with Crippen LogP contribution < -0.4 is 5.73 Å². The minimum Gasteiger partial charge on any atom is -0.387 e. The zero-order valence-corrected chi connectivity index (χ0v) is 11.9. The lowest BCUT2D eigenvalue weighted by atomic mass is 9.95. The highest BCUT2D eigenvalue weighted by Crippen LogP contribution is 2.22. The fraction of sp³-hybridized carbons (Fsp3) is 0.188. The molecule has 0 heterocycles. The van der Waals surface area contributed by atoms with Crippen molar-refractivity contribution in [3.63, 3.8) is 0 Å². The van der Waals surface area contributed by atoms with Crippen LogP contribution in [0.1, 0.15) is 24.0 Å². The van der Waals surface area contributed by atoms with Gasteiger partial charge in [0.1, 0.15) is 5.84 Å². The zero-order valence-electron chi connectivity index (χ0n) is 11.1. The zero-order chi connectivity index (χ0) is 13.8. The summed E-state index contributed by atoms with van der Waals surface area (Å²) in [6.45, 7) is 4.15. The molecule has 19 heavy (non-hydrogen) atoms. The number of benzene rings is 2. The van der Waals surface area contributed by atoms with Crippen LogP contribution in [-0.4, -0.2) is 5.84 Å². The molecule has 3 heteroatoms. The van der Waals surface area contributed by atoms with E-state index in [4.69, 9.17) is 17.3 Å². The van der Waals surface area contributed by atoms with Crippen molar-refractivity contribution in [2.45, 2.75) is 19.8 Å². The number of hydrogen-bond donors (Lipinski definition) is 1. The predicted molar refractivity (Wildman–Crippen MR) is 82.3 cm³/mol. The number of aliphatic imine (C=N–C) groups is 1. The fourth-order valence-corrected chi connectivity index (χ4v) is 2.12. The third-order valence-electron chi connectivity index (χ3n) is 3.18. The molecule has 0 saturated carbocycles. The Labute approximate surface area is 118 Å². The van der Waals surface area contributed by atoms with Crippen LogP contribution in [0.3, 0.4) is 0 Å². The van der Waals surface area contributed by atoms with Gasteiger partial charge in [0, 0.05) is 10.9 Å². The van der Waals surface area contributed by atoms with Crippen molar-refractivity contribution in [2.24, 2.45) is 10.7 Å². The Morgan fingerprint density at radius 1 is 1.11 bits per heavy atom. The minimum absolute atomic E-state index is 0.0943. The van der Waals surface area contributed by atoms with Crippen LogP contribution in [0.15, 0.2) is 53.5 Å². The summed E-state index contributed by atoms with van der Waals surface area (Å²) in [5.74, 6) is 0.702. The molecule has 0 spiro atoms. The SMILES string of the molecule is Cc1ccccc1C(C)C(N)=Nc1ccc(Cl)cc1. The maximum Gasteiger partial charge on any atom is 0.107 e. The van der Waals surface area contributed by atoms with Crippen LogP contribution in [0.4, 0.5) is 5.69 Å². The Morgan fingerprint density at radius 3 is 2.37 bits per heavy atom. The second-order valence-electron chi connectivity index (χ2n) is 4.59. The van der Waals surface area contributed by atoms with Gasteiger partial charge in [0.05, 0.1) is 5.69 Å². The van der Waals surface area contributed by atoms with Crippen LogP contribution in [0, 0.1) is 6.92 Å². The van der Waals surface area contributed by atoms with Gasteiger partial charge in [0.2, 0.25) is 0 Å². The average Bonchev–Trinajstić information content (AvgIpc) is 2.41. The molecule has 0 radical (unpaired) electrons. The Balaban J connectivity index is 2.26. The highest BCUT2D eigenvalue weighted by Gasteiger charge is 2.11. The number of nitrogens with zero attached hydrogens (tertiary/aromatic N) is 1. The van der Waals surface area contributed by atoms with E-state index < -0.39 is 0 Å². The molecule has 2 aromatic rings. The second-order valence-corrected chi connectivity index (χ2v) is 5.03. The van der Waals surface area contributed by atoms with Crippen molar-refractivity contribution >= 4 is 23.1 Å². The van der Waals surface area contributed by atoms with Gasteiger partial charge >= 0.3 is 0 Å². The van der Waals surface area contributed by atoms with E-state index in [1.54, 1.807) is 0 Å². The van der Waals surface area contributed by atoms with Gasteiger partial charge in [-0.3, -0.25) is 0 Å². The van der Waals surface area contributed by atoms with E-state index in [0.29, 0.717) is 10.9 Å². The molecule has 2 aromatic carbocycles. The first-order chi connectivity index (χ1) is 9.08. The topological polar surface area (TPSA) is 38.4 Å². The van der Waals surface area contributed by atoms with Gasteiger partial charge in [0.25, 0.3) is 0 Å². The van der Waals surface area contributed by atoms with Gasteiger partial charge in [-0.25, -0.2) is 4.99 Å². The van der Waals surface area contributed by atoms with Gasteiger partial charge < -0.3 is 5.73 Å². The van der Waals surface area contributed by atoms with E-state index in [9.17, 15) is 0 Å². The molecule has 0 fully saturated rings. The lowest BCUT2D eigenvalue weighted by Crippen LogP contribution is -2.20. The molecule has 0 aliphatic carbocycles. The van der Waals surface area contributed by atoms with Crippen molar-refractivity contribution in [3.05, 3.63) is 64.7 Å². The number of aryl methyl sites for hydroxylation is 1.